The number of aryl methyl sites for hydroxylation is 1. The van der Waals surface area contributed by atoms with Gasteiger partial charge in [-0.2, -0.15) is 4.98 Å². The average Bonchev–Trinajstić information content (AvgIpc) is 2.74. The minimum absolute atomic E-state index is 0.565. The Kier molecular flexibility index (Phi) is 2.28. The first-order chi connectivity index (χ1) is 6.81. The second-order valence-corrected chi connectivity index (χ2v) is 2.93. The van der Waals surface area contributed by atoms with E-state index in [0.29, 0.717) is 18.3 Å². The fourth-order valence-corrected chi connectivity index (χ4v) is 1.15. The predicted octanol–water partition coefficient (Wildman–Crippen LogP) is 0.189. The van der Waals surface area contributed by atoms with Crippen LogP contribution in [-0.4, -0.2) is 26.7 Å². The molecule has 2 aromatic rings. The third kappa shape index (κ3) is 1.51. The van der Waals surface area contributed by atoms with Gasteiger partial charge in [0.2, 0.25) is 11.7 Å². The number of hydrogen-bond donors (Lipinski definition) is 1. The van der Waals surface area contributed by atoms with E-state index in [1.165, 1.54) is 0 Å². The molecule has 0 aliphatic heterocycles. The maximum absolute atomic E-state index is 5.02. The van der Waals surface area contributed by atoms with Crippen molar-refractivity contribution in [3.63, 3.8) is 0 Å². The van der Waals surface area contributed by atoms with Crippen LogP contribution < -0.4 is 5.32 Å². The average molecular weight is 193 g/mol. The lowest BCUT2D eigenvalue weighted by Gasteiger charge is -1.93. The molecule has 1 N–H and O–H groups in total. The highest BCUT2D eigenvalue weighted by molar-refractivity contribution is 5.46. The molecule has 2 aromatic heterocycles. The van der Waals surface area contributed by atoms with E-state index in [1.807, 2.05) is 18.7 Å². The summed E-state index contributed by atoms with van der Waals surface area (Å²) >= 11 is 0. The highest BCUT2D eigenvalue weighted by Gasteiger charge is 2.10. The van der Waals surface area contributed by atoms with Gasteiger partial charge in [0.15, 0.2) is 0 Å². The number of rotatable bonds is 3. The molecule has 0 radical (unpaired) electrons. The molecule has 0 fully saturated rings. The van der Waals surface area contributed by atoms with Crippen molar-refractivity contribution >= 4 is 0 Å². The Morgan fingerprint density at radius 3 is 3.07 bits per heavy atom. The van der Waals surface area contributed by atoms with E-state index in [-0.39, 0.29) is 0 Å². The molecule has 0 saturated heterocycles. The number of aromatic nitrogens is 4. The number of imidazole rings is 1. The SMILES string of the molecule is CNCc1nc(-c2cncn2C)no1. The maximum atomic E-state index is 5.02. The first kappa shape index (κ1) is 8.89. The van der Waals surface area contributed by atoms with Crippen LogP contribution in [0.1, 0.15) is 5.89 Å². The van der Waals surface area contributed by atoms with Gasteiger partial charge in [-0.15, -0.1) is 0 Å². The van der Waals surface area contributed by atoms with Crippen molar-refractivity contribution < 1.29 is 4.52 Å². The van der Waals surface area contributed by atoms with Crippen LogP contribution in [0.2, 0.25) is 0 Å². The largest absolute Gasteiger partial charge is 0.337 e. The van der Waals surface area contributed by atoms with E-state index >= 15 is 0 Å². The van der Waals surface area contributed by atoms with Crippen LogP contribution in [0.4, 0.5) is 0 Å². The van der Waals surface area contributed by atoms with Gasteiger partial charge in [-0.1, -0.05) is 5.16 Å². The maximum Gasteiger partial charge on any atom is 0.240 e. The molecule has 0 aliphatic rings. The van der Waals surface area contributed by atoms with Gasteiger partial charge in [-0.3, -0.25) is 0 Å². The summed E-state index contributed by atoms with van der Waals surface area (Å²) in [4.78, 5) is 8.18. The van der Waals surface area contributed by atoms with Gasteiger partial charge in [0, 0.05) is 7.05 Å². The van der Waals surface area contributed by atoms with Gasteiger partial charge >= 0.3 is 0 Å². The normalized spacial score (nSPS) is 10.7. The monoisotopic (exact) mass is 193 g/mol. The molecule has 2 heterocycles. The lowest BCUT2D eigenvalue weighted by atomic mass is 10.4. The molecule has 0 atom stereocenters. The van der Waals surface area contributed by atoms with E-state index in [1.54, 1.807) is 12.5 Å². The highest BCUT2D eigenvalue weighted by atomic mass is 16.5. The lowest BCUT2D eigenvalue weighted by molar-refractivity contribution is 0.372. The molecule has 0 saturated carbocycles. The summed E-state index contributed by atoms with van der Waals surface area (Å²) in [5, 5.41) is 6.79. The van der Waals surface area contributed by atoms with E-state index in [2.05, 4.69) is 20.4 Å². The molecule has 0 spiro atoms. The van der Waals surface area contributed by atoms with Crippen LogP contribution >= 0.6 is 0 Å². The van der Waals surface area contributed by atoms with Gasteiger partial charge in [-0.25, -0.2) is 4.98 Å². The first-order valence-corrected chi connectivity index (χ1v) is 4.25. The molecular formula is C8H11N5O. The molecule has 6 heteroatoms. The van der Waals surface area contributed by atoms with Crippen LogP contribution in [-0.2, 0) is 13.6 Å². The third-order valence-electron chi connectivity index (χ3n) is 1.84. The summed E-state index contributed by atoms with van der Waals surface area (Å²) in [6.07, 6.45) is 3.40. The summed E-state index contributed by atoms with van der Waals surface area (Å²) in [5.41, 5.74) is 0.844. The molecule has 0 bridgehead atoms. The Morgan fingerprint density at radius 2 is 2.43 bits per heavy atom. The molecule has 6 nitrogen and oxygen atoms in total. The highest BCUT2D eigenvalue weighted by Crippen LogP contribution is 2.13. The molecule has 74 valence electrons. The van der Waals surface area contributed by atoms with Gasteiger partial charge in [0.05, 0.1) is 19.1 Å². The zero-order valence-electron chi connectivity index (χ0n) is 8.06. The fraction of sp³-hybridized carbons (Fsp3) is 0.375. The molecule has 2 rings (SSSR count). The van der Waals surface area contributed by atoms with Crippen molar-refractivity contribution in [3.8, 4) is 11.5 Å². The zero-order chi connectivity index (χ0) is 9.97. The standard InChI is InChI=1S/C8H11N5O/c1-9-4-7-11-8(12-14-7)6-3-10-5-13(6)2/h3,5,9H,4H2,1-2H3. The molecule has 0 aliphatic carbocycles. The third-order valence-corrected chi connectivity index (χ3v) is 1.84. The van der Waals surface area contributed by atoms with Crippen molar-refractivity contribution in [2.45, 2.75) is 6.54 Å². The smallest absolute Gasteiger partial charge is 0.240 e. The Hall–Kier alpha value is -1.69. The molecule has 14 heavy (non-hydrogen) atoms. The predicted molar refractivity (Wildman–Crippen MR) is 49.3 cm³/mol. The summed E-state index contributed by atoms with van der Waals surface area (Å²) in [6.45, 7) is 0.574. The van der Waals surface area contributed by atoms with Crippen LogP contribution in [0, 0.1) is 0 Å². The minimum Gasteiger partial charge on any atom is -0.337 e. The summed E-state index contributed by atoms with van der Waals surface area (Å²) in [5.74, 6) is 1.14. The number of nitrogens with one attached hydrogen (secondary N) is 1. The zero-order valence-corrected chi connectivity index (χ0v) is 8.06. The fourth-order valence-electron chi connectivity index (χ4n) is 1.15. The van der Waals surface area contributed by atoms with Crippen LogP contribution in [0.3, 0.4) is 0 Å². The van der Waals surface area contributed by atoms with Gasteiger partial charge in [0.1, 0.15) is 5.69 Å². The van der Waals surface area contributed by atoms with Gasteiger partial charge in [0.25, 0.3) is 0 Å². The number of nitrogens with zero attached hydrogens (tertiary/aromatic N) is 4. The van der Waals surface area contributed by atoms with Crippen molar-refractivity contribution in [1.82, 2.24) is 25.0 Å². The van der Waals surface area contributed by atoms with E-state index in [9.17, 15) is 0 Å². The molecule has 0 unspecified atom stereocenters. The summed E-state index contributed by atoms with van der Waals surface area (Å²) < 4.78 is 6.86. The second-order valence-electron chi connectivity index (χ2n) is 2.93. The lowest BCUT2D eigenvalue weighted by Crippen LogP contribution is -2.05. The Balaban J connectivity index is 2.29. The van der Waals surface area contributed by atoms with Crippen LogP contribution in [0.5, 0.6) is 0 Å². The van der Waals surface area contributed by atoms with Crippen molar-refractivity contribution in [1.29, 1.82) is 0 Å². The molecule has 0 aromatic carbocycles. The Labute approximate surface area is 81.0 Å². The minimum atomic E-state index is 0.565. The molecular weight excluding hydrogens is 182 g/mol. The first-order valence-electron chi connectivity index (χ1n) is 4.25. The van der Waals surface area contributed by atoms with Gasteiger partial charge in [-0.05, 0) is 7.05 Å². The van der Waals surface area contributed by atoms with Crippen LogP contribution in [0.15, 0.2) is 17.0 Å². The second kappa shape index (κ2) is 3.59. The summed E-state index contributed by atoms with van der Waals surface area (Å²) in [7, 11) is 3.71. The molecule has 0 amide bonds. The van der Waals surface area contributed by atoms with Crippen molar-refractivity contribution in [3.05, 3.63) is 18.4 Å². The summed E-state index contributed by atoms with van der Waals surface area (Å²) in [6, 6.07) is 0. The van der Waals surface area contributed by atoms with E-state index < -0.39 is 0 Å². The van der Waals surface area contributed by atoms with E-state index in [4.69, 9.17) is 4.52 Å². The van der Waals surface area contributed by atoms with E-state index in [0.717, 1.165) is 5.69 Å². The van der Waals surface area contributed by atoms with Crippen LogP contribution in [0.25, 0.3) is 11.5 Å². The number of hydrogen-bond acceptors (Lipinski definition) is 5. The Bertz CT molecular complexity index is 419. The van der Waals surface area contributed by atoms with Crippen molar-refractivity contribution in [2.75, 3.05) is 7.05 Å². The topological polar surface area (TPSA) is 68.8 Å². The van der Waals surface area contributed by atoms with Crippen molar-refractivity contribution in [2.24, 2.45) is 7.05 Å². The van der Waals surface area contributed by atoms with Gasteiger partial charge < -0.3 is 14.4 Å². The quantitative estimate of drug-likeness (QED) is 0.753. The Morgan fingerprint density at radius 1 is 1.57 bits per heavy atom.